The van der Waals surface area contributed by atoms with Gasteiger partial charge in [0.15, 0.2) is 5.69 Å². The Morgan fingerprint density at radius 2 is 0.887 bits per heavy atom. The molecule has 7 aromatic rings. The number of nitrogens with one attached hydrogen (secondary N) is 2. The molecule has 0 amide bonds. The SMILES string of the molecule is [C-]#[N+]c1cc(C=Cc2ccc(N(c3ccccc3)c3ccc(NC(C)CC)cc3)cc2)c(C#N)cc1C=Cc1ccc(N(c2ccccc2)c2ccc(NC(C)CC)cc2)cc1. The Bertz CT molecular complexity index is 2480. The van der Waals surface area contributed by atoms with E-state index in [4.69, 9.17) is 6.57 Å². The first-order valence-electron chi connectivity index (χ1n) is 21.3. The van der Waals surface area contributed by atoms with Gasteiger partial charge in [0, 0.05) is 57.6 Å². The molecule has 0 heterocycles. The largest absolute Gasteiger partial charge is 0.383 e. The summed E-state index contributed by atoms with van der Waals surface area (Å²) in [4.78, 5) is 8.33. The van der Waals surface area contributed by atoms with E-state index in [9.17, 15) is 5.26 Å². The van der Waals surface area contributed by atoms with E-state index in [0.717, 1.165) is 69.5 Å². The number of nitriles is 1. The predicted octanol–water partition coefficient (Wildman–Crippen LogP) is 15.8. The predicted molar refractivity (Wildman–Crippen MR) is 264 cm³/mol. The summed E-state index contributed by atoms with van der Waals surface area (Å²) in [6.07, 6.45) is 9.93. The Balaban J connectivity index is 1.08. The van der Waals surface area contributed by atoms with E-state index in [-0.39, 0.29) is 0 Å². The Hall–Kier alpha value is -7.80. The lowest BCUT2D eigenvalue weighted by atomic mass is 10.0. The molecule has 2 unspecified atom stereocenters. The van der Waals surface area contributed by atoms with Crippen molar-refractivity contribution >= 4 is 75.5 Å². The molecule has 306 valence electrons. The molecular formula is C56H52N6. The highest BCUT2D eigenvalue weighted by atomic mass is 15.1. The molecule has 7 aromatic carbocycles. The van der Waals surface area contributed by atoms with E-state index < -0.39 is 0 Å². The Kier molecular flexibility index (Phi) is 14.0. The van der Waals surface area contributed by atoms with Crippen LogP contribution in [-0.4, -0.2) is 12.1 Å². The van der Waals surface area contributed by atoms with Crippen molar-refractivity contribution in [1.82, 2.24) is 0 Å². The molecule has 62 heavy (non-hydrogen) atoms. The molecule has 0 saturated heterocycles. The van der Waals surface area contributed by atoms with Crippen LogP contribution >= 0.6 is 0 Å². The van der Waals surface area contributed by atoms with E-state index >= 15 is 0 Å². The maximum absolute atomic E-state index is 10.2. The number of benzene rings is 7. The van der Waals surface area contributed by atoms with Crippen molar-refractivity contribution in [2.24, 2.45) is 0 Å². The first-order valence-corrected chi connectivity index (χ1v) is 21.3. The number of hydrogen-bond acceptors (Lipinski definition) is 5. The number of rotatable bonds is 16. The first kappa shape index (κ1) is 42.3. The third-order valence-corrected chi connectivity index (χ3v) is 11.0. The van der Waals surface area contributed by atoms with Crippen LogP contribution in [0.4, 0.5) is 51.2 Å². The van der Waals surface area contributed by atoms with E-state index in [2.05, 4.69) is 205 Å². The van der Waals surface area contributed by atoms with Gasteiger partial charge < -0.3 is 20.4 Å². The highest BCUT2D eigenvalue weighted by molar-refractivity contribution is 5.84. The molecule has 2 atom stereocenters. The van der Waals surface area contributed by atoms with Gasteiger partial charge in [-0.1, -0.05) is 98.8 Å². The summed E-state index contributed by atoms with van der Waals surface area (Å²) >= 11 is 0. The lowest BCUT2D eigenvalue weighted by Gasteiger charge is -2.26. The Morgan fingerprint density at radius 3 is 1.26 bits per heavy atom. The van der Waals surface area contributed by atoms with Crippen molar-refractivity contribution in [2.45, 2.75) is 52.6 Å². The fourth-order valence-corrected chi connectivity index (χ4v) is 7.16. The Morgan fingerprint density at radius 1 is 0.516 bits per heavy atom. The van der Waals surface area contributed by atoms with Crippen LogP contribution in [0.5, 0.6) is 0 Å². The highest BCUT2D eigenvalue weighted by Gasteiger charge is 2.15. The molecule has 7 rings (SSSR count). The van der Waals surface area contributed by atoms with Gasteiger partial charge in [0.05, 0.1) is 18.2 Å². The Labute approximate surface area is 367 Å². The van der Waals surface area contributed by atoms with Crippen molar-refractivity contribution in [1.29, 1.82) is 5.26 Å². The van der Waals surface area contributed by atoms with Crippen molar-refractivity contribution < 1.29 is 0 Å². The molecule has 6 heteroatoms. The second-order valence-electron chi connectivity index (χ2n) is 15.4. The van der Waals surface area contributed by atoms with Gasteiger partial charge in [0.25, 0.3) is 0 Å². The molecule has 0 aliphatic heterocycles. The van der Waals surface area contributed by atoms with E-state index in [0.29, 0.717) is 34.5 Å². The molecular weight excluding hydrogens is 757 g/mol. The standard InChI is InChI=1S/C56H52N6/c1-6-41(3)59-48-26-34-54(35-27-48)61(50-14-10-8-11-15-50)52-30-20-43(21-31-52)18-24-45-39-56(58-5)46(38-47(45)40-57)25-19-44-22-32-53(33-23-44)62(51-16-12-9-13-17-51)55-36-28-49(29-37-55)60-42(4)7-2/h8-39,41-42,59-60H,6-7H2,1-4H3. The minimum atomic E-state index is 0.402. The average Bonchev–Trinajstić information content (AvgIpc) is 3.32. The maximum Gasteiger partial charge on any atom is 0.194 e. The van der Waals surface area contributed by atoms with Crippen molar-refractivity contribution in [2.75, 3.05) is 20.4 Å². The van der Waals surface area contributed by atoms with Crippen LogP contribution in [0.25, 0.3) is 29.1 Å². The van der Waals surface area contributed by atoms with Gasteiger partial charge in [-0.25, -0.2) is 4.85 Å². The lowest BCUT2D eigenvalue weighted by Crippen LogP contribution is -2.14. The van der Waals surface area contributed by atoms with Crippen LogP contribution < -0.4 is 20.4 Å². The second-order valence-corrected chi connectivity index (χ2v) is 15.4. The van der Waals surface area contributed by atoms with Gasteiger partial charge in [-0.15, -0.1) is 0 Å². The van der Waals surface area contributed by atoms with Crippen LogP contribution in [0, 0.1) is 17.9 Å². The number of para-hydroxylation sites is 2. The minimum absolute atomic E-state index is 0.402. The molecule has 6 nitrogen and oxygen atoms in total. The monoisotopic (exact) mass is 808 g/mol. The average molecular weight is 809 g/mol. The third-order valence-electron chi connectivity index (χ3n) is 11.0. The van der Waals surface area contributed by atoms with Crippen LogP contribution in [-0.2, 0) is 0 Å². The fraction of sp³-hybridized carbons (Fsp3) is 0.143. The molecule has 0 saturated carbocycles. The number of hydrogen-bond donors (Lipinski definition) is 2. The molecule has 0 aromatic heterocycles. The van der Waals surface area contributed by atoms with Crippen molar-refractivity contribution in [3.05, 3.63) is 209 Å². The third kappa shape index (κ3) is 10.5. The van der Waals surface area contributed by atoms with E-state index in [1.807, 2.05) is 36.4 Å². The molecule has 0 fully saturated rings. The summed E-state index contributed by atoms with van der Waals surface area (Å²) in [7, 11) is 0. The fourth-order valence-electron chi connectivity index (χ4n) is 7.16. The summed E-state index contributed by atoms with van der Waals surface area (Å²) in [6.45, 7) is 16.7. The van der Waals surface area contributed by atoms with Gasteiger partial charge in [0.2, 0.25) is 0 Å². The highest BCUT2D eigenvalue weighted by Crippen LogP contribution is 2.37. The minimum Gasteiger partial charge on any atom is -0.383 e. The molecule has 0 radical (unpaired) electrons. The van der Waals surface area contributed by atoms with E-state index in [1.165, 1.54) is 0 Å². The normalized spacial score (nSPS) is 12.0. The van der Waals surface area contributed by atoms with E-state index in [1.54, 1.807) is 12.1 Å². The molecule has 0 aliphatic rings. The summed E-state index contributed by atoms with van der Waals surface area (Å²) in [5, 5.41) is 17.3. The van der Waals surface area contributed by atoms with Gasteiger partial charge in [0.1, 0.15) is 0 Å². The van der Waals surface area contributed by atoms with Crippen molar-refractivity contribution in [3.8, 4) is 6.07 Å². The van der Waals surface area contributed by atoms with Crippen LogP contribution in [0.15, 0.2) is 170 Å². The summed E-state index contributed by atoms with van der Waals surface area (Å²) in [6, 6.07) is 61.3. The number of anilines is 8. The maximum atomic E-state index is 10.2. The van der Waals surface area contributed by atoms with Crippen molar-refractivity contribution in [3.63, 3.8) is 0 Å². The molecule has 0 spiro atoms. The first-order chi connectivity index (χ1) is 30.3. The molecule has 0 aliphatic carbocycles. The smallest absolute Gasteiger partial charge is 0.194 e. The topological polar surface area (TPSA) is 58.7 Å². The zero-order valence-electron chi connectivity index (χ0n) is 35.8. The summed E-state index contributed by atoms with van der Waals surface area (Å²) in [5.74, 6) is 0. The van der Waals surface area contributed by atoms with Gasteiger partial charge >= 0.3 is 0 Å². The molecule has 0 bridgehead atoms. The summed E-state index contributed by atoms with van der Waals surface area (Å²) < 4.78 is 0. The van der Waals surface area contributed by atoms with Crippen LogP contribution in [0.1, 0.15) is 68.4 Å². The quantitative estimate of drug-likeness (QED) is 0.0752. The van der Waals surface area contributed by atoms with Gasteiger partial charge in [-0.2, -0.15) is 5.26 Å². The zero-order valence-corrected chi connectivity index (χ0v) is 35.8. The van der Waals surface area contributed by atoms with Crippen LogP contribution in [0.3, 0.4) is 0 Å². The summed E-state index contributed by atoms with van der Waals surface area (Å²) in [5.41, 5.74) is 12.9. The van der Waals surface area contributed by atoms with Gasteiger partial charge in [-0.3, -0.25) is 0 Å². The van der Waals surface area contributed by atoms with Crippen LogP contribution in [0.2, 0.25) is 0 Å². The lowest BCUT2D eigenvalue weighted by molar-refractivity contribution is 0.764. The zero-order chi connectivity index (χ0) is 43.3. The van der Waals surface area contributed by atoms with Gasteiger partial charge in [-0.05, 0) is 158 Å². The molecule has 2 N–H and O–H groups in total. The second kappa shape index (κ2) is 20.4. The number of nitrogens with zero attached hydrogens (tertiary/aromatic N) is 4.